The summed E-state index contributed by atoms with van der Waals surface area (Å²) in [7, 11) is 0. The summed E-state index contributed by atoms with van der Waals surface area (Å²) in [5.41, 5.74) is -0.557. The van der Waals surface area contributed by atoms with Crippen LogP contribution in [0.15, 0.2) is 0 Å². The third-order valence-corrected chi connectivity index (χ3v) is 3.63. The predicted octanol–water partition coefficient (Wildman–Crippen LogP) is 1.70. The number of carboxylic acid groups (broad SMARTS) is 1. The van der Waals surface area contributed by atoms with Crippen LogP contribution in [0.5, 0.6) is 0 Å². The maximum Gasteiger partial charge on any atom is 0.414 e. The Labute approximate surface area is 82.9 Å². The lowest BCUT2D eigenvalue weighted by Crippen LogP contribution is -2.49. The zero-order valence-electron chi connectivity index (χ0n) is 8.70. The van der Waals surface area contributed by atoms with Crippen LogP contribution < -0.4 is 0 Å². The van der Waals surface area contributed by atoms with Crippen molar-refractivity contribution in [1.82, 2.24) is 4.90 Å². The van der Waals surface area contributed by atoms with Crippen molar-refractivity contribution in [2.24, 2.45) is 11.3 Å². The van der Waals surface area contributed by atoms with Gasteiger partial charge in [0, 0.05) is 6.42 Å². The van der Waals surface area contributed by atoms with Crippen molar-refractivity contribution in [2.45, 2.75) is 39.2 Å². The first kappa shape index (κ1) is 9.49. The molecule has 2 fully saturated rings. The summed E-state index contributed by atoms with van der Waals surface area (Å²) in [6.07, 6.45) is 0.155. The first-order valence-corrected chi connectivity index (χ1v) is 4.86. The molecule has 2 rings (SSSR count). The van der Waals surface area contributed by atoms with E-state index >= 15 is 0 Å². The summed E-state index contributed by atoms with van der Waals surface area (Å²) in [6, 6.07) is 0. The third-order valence-electron chi connectivity index (χ3n) is 3.63. The molecule has 0 radical (unpaired) electrons. The van der Waals surface area contributed by atoms with Crippen LogP contribution in [-0.2, 0) is 4.79 Å². The Kier molecular flexibility index (Phi) is 1.56. The zero-order valence-corrected chi connectivity index (χ0v) is 8.70. The molecular formula is C10H15NO3. The molecule has 1 saturated heterocycles. The number of imide groups is 1. The lowest BCUT2D eigenvalue weighted by molar-refractivity contribution is -0.130. The number of piperidine rings is 1. The summed E-state index contributed by atoms with van der Waals surface area (Å²) in [4.78, 5) is 23.5. The van der Waals surface area contributed by atoms with E-state index in [2.05, 4.69) is 0 Å². The molecule has 0 aromatic carbocycles. The largest absolute Gasteiger partial charge is 0.465 e. The summed E-state index contributed by atoms with van der Waals surface area (Å²) in [5, 5.41) is 9.01. The van der Waals surface area contributed by atoms with Crippen molar-refractivity contribution in [2.75, 3.05) is 0 Å². The fourth-order valence-corrected chi connectivity index (χ4v) is 2.89. The van der Waals surface area contributed by atoms with E-state index in [4.69, 9.17) is 5.11 Å². The SMILES string of the molecule is CC(C)(C)C12CC1CC(=O)N2C(=O)O. The molecule has 1 saturated carbocycles. The topological polar surface area (TPSA) is 57.6 Å². The van der Waals surface area contributed by atoms with Crippen molar-refractivity contribution in [1.29, 1.82) is 0 Å². The minimum Gasteiger partial charge on any atom is -0.465 e. The Morgan fingerprint density at radius 3 is 2.50 bits per heavy atom. The van der Waals surface area contributed by atoms with Gasteiger partial charge >= 0.3 is 6.09 Å². The van der Waals surface area contributed by atoms with E-state index in [1.807, 2.05) is 20.8 Å². The van der Waals surface area contributed by atoms with Gasteiger partial charge in [0.25, 0.3) is 0 Å². The Morgan fingerprint density at radius 2 is 2.14 bits per heavy atom. The molecule has 1 aliphatic heterocycles. The highest BCUT2D eigenvalue weighted by Crippen LogP contribution is 2.64. The van der Waals surface area contributed by atoms with Crippen LogP contribution >= 0.6 is 0 Å². The second-order valence-electron chi connectivity index (χ2n) is 5.29. The highest BCUT2D eigenvalue weighted by molar-refractivity contribution is 5.96. The van der Waals surface area contributed by atoms with Crippen molar-refractivity contribution < 1.29 is 14.7 Å². The van der Waals surface area contributed by atoms with Crippen molar-refractivity contribution >= 4 is 12.0 Å². The van der Waals surface area contributed by atoms with Gasteiger partial charge in [0.2, 0.25) is 5.91 Å². The second-order valence-corrected chi connectivity index (χ2v) is 5.29. The van der Waals surface area contributed by atoms with Crippen LogP contribution in [0.1, 0.15) is 33.6 Å². The van der Waals surface area contributed by atoms with E-state index < -0.39 is 11.6 Å². The van der Waals surface area contributed by atoms with Crippen LogP contribution in [0.3, 0.4) is 0 Å². The first-order valence-electron chi connectivity index (χ1n) is 4.86. The Hall–Kier alpha value is -1.06. The summed E-state index contributed by atoms with van der Waals surface area (Å²) >= 11 is 0. The molecule has 0 bridgehead atoms. The summed E-state index contributed by atoms with van der Waals surface area (Å²) < 4.78 is 0. The van der Waals surface area contributed by atoms with Crippen molar-refractivity contribution in [3.63, 3.8) is 0 Å². The molecule has 14 heavy (non-hydrogen) atoms. The average Bonchev–Trinajstić information content (AvgIpc) is 2.56. The fourth-order valence-electron chi connectivity index (χ4n) is 2.89. The van der Waals surface area contributed by atoms with Gasteiger partial charge in [-0.3, -0.25) is 4.79 Å². The summed E-state index contributed by atoms with van der Waals surface area (Å²) in [6.45, 7) is 6.00. The second kappa shape index (κ2) is 2.30. The number of hydrogen-bond donors (Lipinski definition) is 1. The molecule has 78 valence electrons. The molecule has 4 nitrogen and oxygen atoms in total. The van der Waals surface area contributed by atoms with Crippen molar-refractivity contribution in [3.05, 3.63) is 0 Å². The van der Waals surface area contributed by atoms with Gasteiger partial charge in [0.05, 0.1) is 5.54 Å². The van der Waals surface area contributed by atoms with E-state index in [1.54, 1.807) is 0 Å². The van der Waals surface area contributed by atoms with Gasteiger partial charge in [-0.25, -0.2) is 9.69 Å². The zero-order chi connectivity index (χ0) is 10.7. The fraction of sp³-hybridized carbons (Fsp3) is 0.800. The Balaban J connectivity index is 2.39. The standard InChI is InChI=1S/C10H15NO3/c1-9(2,3)10-5-6(10)4-7(12)11(10)8(13)14/h6H,4-5H2,1-3H3,(H,13,14). The van der Waals surface area contributed by atoms with Crippen LogP contribution in [-0.4, -0.2) is 27.5 Å². The Morgan fingerprint density at radius 1 is 1.57 bits per heavy atom. The molecule has 2 aliphatic rings. The predicted molar refractivity (Wildman–Crippen MR) is 49.8 cm³/mol. The molecule has 1 N–H and O–H groups in total. The lowest BCUT2D eigenvalue weighted by atomic mass is 9.82. The maximum absolute atomic E-state index is 11.5. The molecule has 4 heteroatoms. The first-order chi connectivity index (χ1) is 6.30. The van der Waals surface area contributed by atoms with Gasteiger partial charge in [-0.1, -0.05) is 20.8 Å². The van der Waals surface area contributed by atoms with Crippen LogP contribution in [0.2, 0.25) is 0 Å². The molecule has 2 unspecified atom stereocenters. The Bertz CT molecular complexity index is 318. The van der Waals surface area contributed by atoms with Gasteiger partial charge in [-0.15, -0.1) is 0 Å². The van der Waals surface area contributed by atoms with E-state index in [0.29, 0.717) is 6.42 Å². The van der Waals surface area contributed by atoms with E-state index in [0.717, 1.165) is 11.3 Å². The smallest absolute Gasteiger partial charge is 0.414 e. The lowest BCUT2D eigenvalue weighted by Gasteiger charge is -2.35. The number of fused-ring (bicyclic) bond motifs is 1. The maximum atomic E-state index is 11.5. The molecule has 1 heterocycles. The van der Waals surface area contributed by atoms with Gasteiger partial charge < -0.3 is 5.11 Å². The van der Waals surface area contributed by atoms with E-state index in [-0.39, 0.29) is 17.2 Å². The van der Waals surface area contributed by atoms with Gasteiger partial charge in [-0.05, 0) is 17.8 Å². The average molecular weight is 197 g/mol. The van der Waals surface area contributed by atoms with Crippen LogP contribution in [0.4, 0.5) is 4.79 Å². The quantitative estimate of drug-likeness (QED) is 0.643. The normalized spacial score (nSPS) is 35.8. The molecule has 0 aromatic rings. The number of likely N-dealkylation sites (tertiary alicyclic amines) is 1. The number of carbonyl (C=O) groups is 2. The van der Waals surface area contributed by atoms with Crippen LogP contribution in [0, 0.1) is 11.3 Å². The third kappa shape index (κ3) is 0.885. The van der Waals surface area contributed by atoms with Gasteiger partial charge in [0.1, 0.15) is 0 Å². The van der Waals surface area contributed by atoms with Gasteiger partial charge in [0.15, 0.2) is 0 Å². The number of rotatable bonds is 0. The number of nitrogens with zero attached hydrogens (tertiary/aromatic N) is 1. The van der Waals surface area contributed by atoms with Crippen LogP contribution in [0.25, 0.3) is 0 Å². The molecular weight excluding hydrogens is 182 g/mol. The van der Waals surface area contributed by atoms with Crippen molar-refractivity contribution in [3.8, 4) is 0 Å². The molecule has 0 spiro atoms. The van der Waals surface area contributed by atoms with E-state index in [1.165, 1.54) is 0 Å². The van der Waals surface area contributed by atoms with Gasteiger partial charge in [-0.2, -0.15) is 0 Å². The van der Waals surface area contributed by atoms with E-state index in [9.17, 15) is 9.59 Å². The monoisotopic (exact) mass is 197 g/mol. The number of hydrogen-bond acceptors (Lipinski definition) is 2. The number of amides is 2. The molecule has 0 aromatic heterocycles. The molecule has 2 atom stereocenters. The highest BCUT2D eigenvalue weighted by Gasteiger charge is 2.72. The molecule has 1 aliphatic carbocycles. The number of carbonyl (C=O) groups excluding carboxylic acids is 1. The highest BCUT2D eigenvalue weighted by atomic mass is 16.4. The minimum absolute atomic E-state index is 0.151. The minimum atomic E-state index is -1.09. The molecule has 2 amide bonds. The summed E-state index contributed by atoms with van der Waals surface area (Å²) in [5.74, 6) is 0.0229.